The van der Waals surface area contributed by atoms with Crippen molar-refractivity contribution in [2.75, 3.05) is 11.9 Å². The number of carbonyl (C=O) groups is 2. The van der Waals surface area contributed by atoms with E-state index in [1.165, 1.54) is 16.2 Å². The van der Waals surface area contributed by atoms with Crippen LogP contribution < -0.4 is 10.6 Å². The second-order valence-electron chi connectivity index (χ2n) is 8.98. The molecule has 0 saturated heterocycles. The van der Waals surface area contributed by atoms with Crippen molar-refractivity contribution in [1.82, 2.24) is 10.3 Å². The molecule has 6 nitrogen and oxygen atoms in total. The molecule has 0 spiro atoms. The monoisotopic (exact) mass is 563 g/mol. The summed E-state index contributed by atoms with van der Waals surface area (Å²) in [5.74, 6) is -0.733. The molecule has 9 heteroatoms. The number of hydrogen-bond acceptors (Lipinski definition) is 6. The molecule has 4 aromatic rings. The number of rotatable bonds is 5. The van der Waals surface area contributed by atoms with Crippen LogP contribution >= 0.6 is 35.2 Å². The number of thiophene rings is 1. The van der Waals surface area contributed by atoms with Gasteiger partial charge in [-0.3, -0.25) is 10.1 Å². The second kappa shape index (κ2) is 11.6. The topological polar surface area (TPSA) is 80.3 Å². The molecule has 1 amide bonds. The van der Waals surface area contributed by atoms with Gasteiger partial charge in [-0.2, -0.15) is 0 Å². The third kappa shape index (κ3) is 5.57. The molecule has 1 aliphatic rings. The Balaban J connectivity index is 1.43. The van der Waals surface area contributed by atoms with E-state index in [2.05, 4.69) is 10.6 Å². The van der Waals surface area contributed by atoms with Gasteiger partial charge in [0.15, 0.2) is 5.11 Å². The van der Waals surface area contributed by atoms with Gasteiger partial charge in [0, 0.05) is 20.8 Å². The van der Waals surface area contributed by atoms with E-state index in [1.807, 2.05) is 36.4 Å². The minimum atomic E-state index is -0.368. The lowest BCUT2D eigenvalue weighted by atomic mass is 10.0. The molecule has 5 rings (SSSR count). The number of amides is 1. The summed E-state index contributed by atoms with van der Waals surface area (Å²) in [6, 6.07) is 16.5. The molecule has 0 atom stereocenters. The van der Waals surface area contributed by atoms with Gasteiger partial charge in [-0.1, -0.05) is 48.4 Å². The maximum Gasteiger partial charge on any atom is 0.341 e. The molecule has 0 radical (unpaired) electrons. The molecule has 2 N–H and O–H groups in total. The predicted octanol–water partition coefficient (Wildman–Crippen LogP) is 7.19. The smallest absolute Gasteiger partial charge is 0.341 e. The predicted molar refractivity (Wildman–Crippen MR) is 157 cm³/mol. The molecular weight excluding hydrogens is 538 g/mol. The van der Waals surface area contributed by atoms with Crippen LogP contribution in [-0.4, -0.2) is 28.6 Å². The fourth-order valence-electron chi connectivity index (χ4n) is 4.69. The lowest BCUT2D eigenvalue weighted by molar-refractivity contribution is 0.0526. The Morgan fingerprint density at radius 2 is 1.84 bits per heavy atom. The molecule has 0 aliphatic heterocycles. The van der Waals surface area contributed by atoms with Crippen LogP contribution in [0.15, 0.2) is 54.6 Å². The van der Waals surface area contributed by atoms with Gasteiger partial charge in [-0.15, -0.1) is 11.3 Å². The number of aromatic nitrogens is 1. The van der Waals surface area contributed by atoms with Crippen LogP contribution in [0.4, 0.5) is 5.00 Å². The molecular formula is C29H26ClN3O3S2. The van der Waals surface area contributed by atoms with Crippen molar-refractivity contribution in [3.8, 4) is 11.3 Å². The zero-order valence-electron chi connectivity index (χ0n) is 20.8. The number of anilines is 1. The number of ether oxygens (including phenoxy) is 1. The van der Waals surface area contributed by atoms with Crippen LogP contribution in [0.1, 0.15) is 57.3 Å². The highest BCUT2D eigenvalue weighted by atomic mass is 35.5. The SMILES string of the molecule is CCOC(=O)c1c(NC(=S)NC(=O)c2cc(-c3ccc(Cl)cc3)nc3ccccc23)sc2c1CCCCC2. The van der Waals surface area contributed by atoms with Crippen molar-refractivity contribution in [1.29, 1.82) is 0 Å². The number of thiocarbonyl (C=S) groups is 1. The van der Waals surface area contributed by atoms with Crippen LogP contribution in [0, 0.1) is 0 Å². The lowest BCUT2D eigenvalue weighted by Gasteiger charge is -2.13. The summed E-state index contributed by atoms with van der Waals surface area (Å²) >= 11 is 13.1. The quantitative estimate of drug-likeness (QED) is 0.152. The first-order valence-corrected chi connectivity index (χ1v) is 14.1. The van der Waals surface area contributed by atoms with Gasteiger partial charge in [-0.05, 0) is 74.7 Å². The van der Waals surface area contributed by atoms with Crippen molar-refractivity contribution in [2.24, 2.45) is 0 Å². The summed E-state index contributed by atoms with van der Waals surface area (Å²) < 4.78 is 5.36. The van der Waals surface area contributed by atoms with Gasteiger partial charge in [0.2, 0.25) is 0 Å². The molecule has 2 aromatic heterocycles. The Bertz CT molecular complexity index is 1530. The Kier molecular flexibility index (Phi) is 8.02. The number of nitrogens with zero attached hydrogens (tertiary/aromatic N) is 1. The van der Waals surface area contributed by atoms with E-state index in [1.54, 1.807) is 25.1 Å². The number of benzene rings is 2. The van der Waals surface area contributed by atoms with Crippen molar-refractivity contribution in [3.63, 3.8) is 0 Å². The van der Waals surface area contributed by atoms with E-state index in [9.17, 15) is 9.59 Å². The van der Waals surface area contributed by atoms with Gasteiger partial charge >= 0.3 is 5.97 Å². The lowest BCUT2D eigenvalue weighted by Crippen LogP contribution is -2.34. The van der Waals surface area contributed by atoms with E-state index in [0.717, 1.165) is 43.2 Å². The Labute approximate surface area is 235 Å². The summed E-state index contributed by atoms with van der Waals surface area (Å²) in [7, 11) is 0. The number of aryl methyl sites for hydroxylation is 1. The average Bonchev–Trinajstić information content (AvgIpc) is 3.08. The summed E-state index contributed by atoms with van der Waals surface area (Å²) in [6.45, 7) is 2.08. The van der Waals surface area contributed by atoms with Gasteiger partial charge in [0.05, 0.1) is 28.9 Å². The van der Waals surface area contributed by atoms with E-state index in [4.69, 9.17) is 33.5 Å². The Hall–Kier alpha value is -3.33. The third-order valence-corrected chi connectivity index (χ3v) is 8.12. The molecule has 38 heavy (non-hydrogen) atoms. The highest BCUT2D eigenvalue weighted by Gasteiger charge is 2.26. The van der Waals surface area contributed by atoms with Crippen LogP contribution in [0.25, 0.3) is 22.2 Å². The highest BCUT2D eigenvalue weighted by molar-refractivity contribution is 7.80. The second-order valence-corrected chi connectivity index (χ2v) is 10.9. The minimum absolute atomic E-state index is 0.117. The fraction of sp³-hybridized carbons (Fsp3) is 0.241. The van der Waals surface area contributed by atoms with Gasteiger partial charge in [-0.25, -0.2) is 9.78 Å². The van der Waals surface area contributed by atoms with Gasteiger partial charge in [0.1, 0.15) is 5.00 Å². The maximum absolute atomic E-state index is 13.5. The molecule has 0 fully saturated rings. The van der Waals surface area contributed by atoms with Crippen LogP contribution in [-0.2, 0) is 17.6 Å². The molecule has 2 heterocycles. The number of hydrogen-bond donors (Lipinski definition) is 2. The summed E-state index contributed by atoms with van der Waals surface area (Å²) in [4.78, 5) is 32.3. The number of fused-ring (bicyclic) bond motifs is 2. The number of pyridine rings is 1. The van der Waals surface area contributed by atoms with Crippen LogP contribution in [0.5, 0.6) is 0 Å². The number of esters is 1. The number of halogens is 1. The van der Waals surface area contributed by atoms with Gasteiger partial charge in [0.25, 0.3) is 5.91 Å². The van der Waals surface area contributed by atoms with E-state index in [-0.39, 0.29) is 23.6 Å². The number of para-hydroxylation sites is 1. The first kappa shape index (κ1) is 26.3. The molecule has 0 bridgehead atoms. The van der Waals surface area contributed by atoms with Crippen LogP contribution in [0.2, 0.25) is 5.02 Å². The zero-order chi connectivity index (χ0) is 26.6. The van der Waals surface area contributed by atoms with E-state index in [0.29, 0.717) is 37.7 Å². The van der Waals surface area contributed by atoms with E-state index < -0.39 is 0 Å². The molecule has 0 saturated carbocycles. The zero-order valence-corrected chi connectivity index (χ0v) is 23.2. The maximum atomic E-state index is 13.5. The minimum Gasteiger partial charge on any atom is -0.462 e. The average molecular weight is 564 g/mol. The summed E-state index contributed by atoms with van der Waals surface area (Å²) in [5.41, 5.74) is 4.19. The summed E-state index contributed by atoms with van der Waals surface area (Å²) in [6.07, 6.45) is 5.00. The first-order chi connectivity index (χ1) is 18.4. The van der Waals surface area contributed by atoms with Gasteiger partial charge < -0.3 is 10.1 Å². The molecule has 2 aromatic carbocycles. The van der Waals surface area contributed by atoms with Crippen molar-refractivity contribution < 1.29 is 14.3 Å². The number of carbonyl (C=O) groups excluding carboxylic acids is 2. The van der Waals surface area contributed by atoms with E-state index >= 15 is 0 Å². The summed E-state index contributed by atoms with van der Waals surface area (Å²) in [5, 5.41) is 7.98. The molecule has 1 aliphatic carbocycles. The first-order valence-electron chi connectivity index (χ1n) is 12.5. The molecule has 194 valence electrons. The normalized spacial score (nSPS) is 12.9. The fourth-order valence-corrected chi connectivity index (χ4v) is 6.35. The highest BCUT2D eigenvalue weighted by Crippen LogP contribution is 2.38. The Morgan fingerprint density at radius 3 is 2.63 bits per heavy atom. The molecule has 0 unspecified atom stereocenters. The standard InChI is InChI=1S/C29H26ClN3O3S2/c1-2-36-28(35)25-20-9-4-3-5-11-24(20)38-27(25)33-29(37)32-26(34)21-16-23(17-12-14-18(30)15-13-17)31-22-10-7-6-8-19(21)22/h6-8,10,12-16H,2-5,9,11H2,1H3,(H2,32,33,34,37). The van der Waals surface area contributed by atoms with Crippen molar-refractivity contribution in [2.45, 2.75) is 39.0 Å². The number of nitrogens with one attached hydrogen (secondary N) is 2. The van der Waals surface area contributed by atoms with Crippen LogP contribution in [0.3, 0.4) is 0 Å². The third-order valence-electron chi connectivity index (χ3n) is 6.46. The largest absolute Gasteiger partial charge is 0.462 e. The Morgan fingerprint density at radius 1 is 1.08 bits per heavy atom. The van der Waals surface area contributed by atoms with Crippen molar-refractivity contribution >= 4 is 68.0 Å². The van der Waals surface area contributed by atoms with Crippen molar-refractivity contribution in [3.05, 3.63) is 81.2 Å².